The van der Waals surface area contributed by atoms with E-state index >= 15 is 0 Å². The highest BCUT2D eigenvalue weighted by molar-refractivity contribution is 6.34. The number of fused-ring (bicyclic) bond motifs is 1. The van der Waals surface area contributed by atoms with E-state index in [4.69, 9.17) is 16.0 Å². The number of hydrogen-bond donors (Lipinski definition) is 1. The smallest absolute Gasteiger partial charge is 0.289 e. The Hall–Kier alpha value is -3.65. The summed E-state index contributed by atoms with van der Waals surface area (Å²) in [5, 5.41) is 13.8. The minimum atomic E-state index is -0.587. The number of halogens is 1. The average Bonchev–Trinajstić information content (AvgIpc) is 3.27. The van der Waals surface area contributed by atoms with Gasteiger partial charge >= 0.3 is 0 Å². The molecule has 0 radical (unpaired) electrons. The molecule has 0 bridgehead atoms. The standard InChI is InChI=1S/C21H16ClN3O5/c22-18-6-5-16(25(28)29)11-17(18)20(26)23-15-4-3-13-7-8-24(12-14(13)10-15)21(27)19-2-1-9-30-19/h1-6,9-11H,7-8,12H2,(H,23,26). The summed E-state index contributed by atoms with van der Waals surface area (Å²) in [4.78, 5) is 37.2. The first-order valence-electron chi connectivity index (χ1n) is 9.12. The highest BCUT2D eigenvalue weighted by Gasteiger charge is 2.24. The van der Waals surface area contributed by atoms with Crippen LogP contribution >= 0.6 is 11.6 Å². The topological polar surface area (TPSA) is 106 Å². The number of nitrogens with zero attached hydrogens (tertiary/aromatic N) is 2. The Balaban J connectivity index is 1.53. The third kappa shape index (κ3) is 3.90. The molecule has 0 aliphatic carbocycles. The van der Waals surface area contributed by atoms with E-state index in [0.29, 0.717) is 25.2 Å². The summed E-state index contributed by atoms with van der Waals surface area (Å²) in [6.45, 7) is 0.956. The maximum atomic E-state index is 12.6. The molecular formula is C21H16ClN3O5. The van der Waals surface area contributed by atoms with Crippen molar-refractivity contribution >= 4 is 34.8 Å². The second kappa shape index (κ2) is 8.00. The zero-order chi connectivity index (χ0) is 21.3. The summed E-state index contributed by atoms with van der Waals surface area (Å²) >= 11 is 6.04. The van der Waals surface area contributed by atoms with E-state index in [9.17, 15) is 19.7 Å². The van der Waals surface area contributed by atoms with Crippen molar-refractivity contribution in [1.82, 2.24) is 4.90 Å². The summed E-state index contributed by atoms with van der Waals surface area (Å²) in [5.74, 6) is -0.463. The Kier molecular flexibility index (Phi) is 5.24. The molecule has 1 aliphatic rings. The van der Waals surface area contributed by atoms with Gasteiger partial charge in [0.15, 0.2) is 5.76 Å². The maximum Gasteiger partial charge on any atom is 0.289 e. The average molecular weight is 426 g/mol. The van der Waals surface area contributed by atoms with E-state index in [-0.39, 0.29) is 27.9 Å². The summed E-state index contributed by atoms with van der Waals surface area (Å²) < 4.78 is 5.19. The number of nitro benzene ring substituents is 1. The SMILES string of the molecule is O=C(Nc1ccc2c(c1)CN(C(=O)c1ccco1)CC2)c1cc([N+](=O)[O-])ccc1Cl. The van der Waals surface area contributed by atoms with Crippen LogP contribution in [0.5, 0.6) is 0 Å². The Morgan fingerprint density at radius 1 is 1.13 bits per heavy atom. The molecule has 1 aromatic heterocycles. The summed E-state index contributed by atoms with van der Waals surface area (Å²) in [5.41, 5.74) is 2.29. The van der Waals surface area contributed by atoms with Crippen LogP contribution in [0, 0.1) is 10.1 Å². The number of amides is 2. The van der Waals surface area contributed by atoms with Gasteiger partial charge in [0, 0.05) is 30.9 Å². The highest BCUT2D eigenvalue weighted by Crippen LogP contribution is 2.26. The number of carbonyl (C=O) groups is 2. The van der Waals surface area contributed by atoms with E-state index in [2.05, 4.69) is 5.32 Å². The highest BCUT2D eigenvalue weighted by atomic mass is 35.5. The molecule has 30 heavy (non-hydrogen) atoms. The predicted octanol–water partition coefficient (Wildman–Crippen LogP) is 4.29. The van der Waals surface area contributed by atoms with Crippen LogP contribution in [0.1, 0.15) is 32.0 Å². The van der Waals surface area contributed by atoms with Crippen LogP contribution in [-0.4, -0.2) is 28.2 Å². The molecule has 0 spiro atoms. The van der Waals surface area contributed by atoms with Gasteiger partial charge in [0.25, 0.3) is 17.5 Å². The van der Waals surface area contributed by atoms with Crippen molar-refractivity contribution in [2.24, 2.45) is 0 Å². The van der Waals surface area contributed by atoms with E-state index < -0.39 is 10.8 Å². The van der Waals surface area contributed by atoms with Crippen LogP contribution in [-0.2, 0) is 13.0 Å². The van der Waals surface area contributed by atoms with Crippen molar-refractivity contribution in [3.63, 3.8) is 0 Å². The number of anilines is 1. The van der Waals surface area contributed by atoms with E-state index in [1.54, 1.807) is 29.2 Å². The number of nitro groups is 1. The summed E-state index contributed by atoms with van der Waals surface area (Å²) in [7, 11) is 0. The number of rotatable bonds is 4. The number of non-ortho nitro benzene ring substituents is 1. The number of furan rings is 1. The Bertz CT molecular complexity index is 1140. The van der Waals surface area contributed by atoms with Crippen molar-refractivity contribution in [2.45, 2.75) is 13.0 Å². The minimum absolute atomic E-state index is 0.0122. The lowest BCUT2D eigenvalue weighted by Crippen LogP contribution is -2.35. The van der Waals surface area contributed by atoms with Crippen LogP contribution in [0.4, 0.5) is 11.4 Å². The predicted molar refractivity (Wildman–Crippen MR) is 110 cm³/mol. The number of hydrogen-bond acceptors (Lipinski definition) is 5. The van der Waals surface area contributed by atoms with Gasteiger partial charge in [0.2, 0.25) is 0 Å². The van der Waals surface area contributed by atoms with E-state index in [0.717, 1.165) is 17.2 Å². The third-order valence-corrected chi connectivity index (χ3v) is 5.23. The van der Waals surface area contributed by atoms with Gasteiger partial charge in [-0.2, -0.15) is 0 Å². The molecule has 0 atom stereocenters. The first-order chi connectivity index (χ1) is 14.4. The first kappa shape index (κ1) is 19.7. The van der Waals surface area contributed by atoms with Gasteiger partial charge in [0.1, 0.15) is 0 Å². The largest absolute Gasteiger partial charge is 0.459 e. The molecule has 0 fully saturated rings. The molecule has 3 aromatic rings. The Labute approximate surface area is 176 Å². The van der Waals surface area contributed by atoms with Crippen molar-refractivity contribution in [1.29, 1.82) is 0 Å². The molecular weight excluding hydrogens is 410 g/mol. The molecule has 4 rings (SSSR count). The normalized spacial score (nSPS) is 12.9. The van der Waals surface area contributed by atoms with Gasteiger partial charge < -0.3 is 14.6 Å². The summed E-state index contributed by atoms with van der Waals surface area (Å²) in [6, 6.07) is 12.4. The Morgan fingerprint density at radius 2 is 1.97 bits per heavy atom. The van der Waals surface area contributed by atoms with Gasteiger partial charge in [-0.1, -0.05) is 17.7 Å². The van der Waals surface area contributed by atoms with E-state index in [1.807, 2.05) is 6.07 Å². The van der Waals surface area contributed by atoms with Gasteiger partial charge in [-0.05, 0) is 47.9 Å². The monoisotopic (exact) mass is 425 g/mol. The van der Waals surface area contributed by atoms with Crippen molar-refractivity contribution < 1.29 is 18.9 Å². The van der Waals surface area contributed by atoms with Crippen LogP contribution in [0.3, 0.4) is 0 Å². The number of nitrogens with one attached hydrogen (secondary N) is 1. The van der Waals surface area contributed by atoms with Crippen LogP contribution in [0.25, 0.3) is 0 Å². The quantitative estimate of drug-likeness (QED) is 0.495. The fraction of sp³-hybridized carbons (Fsp3) is 0.143. The van der Waals surface area contributed by atoms with Crippen LogP contribution in [0.2, 0.25) is 5.02 Å². The van der Waals surface area contributed by atoms with Gasteiger partial charge in [0.05, 0.1) is 21.8 Å². The van der Waals surface area contributed by atoms with Crippen LogP contribution in [0.15, 0.2) is 59.2 Å². The molecule has 152 valence electrons. The fourth-order valence-electron chi connectivity index (χ4n) is 3.36. The van der Waals surface area contributed by atoms with Crippen molar-refractivity contribution in [3.05, 3.63) is 92.4 Å². The first-order valence-corrected chi connectivity index (χ1v) is 9.50. The van der Waals surface area contributed by atoms with Crippen molar-refractivity contribution in [3.8, 4) is 0 Å². The van der Waals surface area contributed by atoms with E-state index in [1.165, 1.54) is 18.4 Å². The van der Waals surface area contributed by atoms with Crippen molar-refractivity contribution in [2.75, 3.05) is 11.9 Å². The molecule has 1 N–H and O–H groups in total. The summed E-state index contributed by atoms with van der Waals surface area (Å²) in [6.07, 6.45) is 2.14. The molecule has 1 aliphatic heterocycles. The zero-order valence-electron chi connectivity index (χ0n) is 15.6. The molecule has 2 amide bonds. The molecule has 2 heterocycles. The molecule has 8 nitrogen and oxygen atoms in total. The molecule has 0 saturated carbocycles. The lowest BCUT2D eigenvalue weighted by atomic mass is 9.98. The third-order valence-electron chi connectivity index (χ3n) is 4.90. The fourth-order valence-corrected chi connectivity index (χ4v) is 3.57. The van der Waals surface area contributed by atoms with Crippen LogP contribution < -0.4 is 5.32 Å². The van der Waals surface area contributed by atoms with Gasteiger partial charge in [-0.25, -0.2) is 0 Å². The minimum Gasteiger partial charge on any atom is -0.459 e. The molecule has 0 unspecified atom stereocenters. The Morgan fingerprint density at radius 3 is 2.70 bits per heavy atom. The van der Waals surface area contributed by atoms with Gasteiger partial charge in [-0.3, -0.25) is 19.7 Å². The number of benzene rings is 2. The molecule has 9 heteroatoms. The molecule has 0 saturated heterocycles. The second-order valence-electron chi connectivity index (χ2n) is 6.81. The van der Waals surface area contributed by atoms with Gasteiger partial charge in [-0.15, -0.1) is 0 Å². The second-order valence-corrected chi connectivity index (χ2v) is 7.22. The lowest BCUT2D eigenvalue weighted by Gasteiger charge is -2.28. The molecule has 2 aromatic carbocycles. The lowest BCUT2D eigenvalue weighted by molar-refractivity contribution is -0.384. The zero-order valence-corrected chi connectivity index (χ0v) is 16.4. The number of carbonyl (C=O) groups excluding carboxylic acids is 2. The maximum absolute atomic E-state index is 12.6.